The van der Waals surface area contributed by atoms with Crippen LogP contribution in [0.3, 0.4) is 0 Å². The Morgan fingerprint density at radius 1 is 0.277 bits per heavy atom. The molecular weight excluding hydrogens is 1200 g/mol. The standard InChI is InChI=1S/C45H32.C26H18BO2.C19H15Br/c1-45(2)41-27-25-33(28-40(41)39-26-24-30-12-6-7-15-34(30)44(39)45)29-20-22-32(23-21-29)43-37-18-10-8-16-35(37)42(31-13-4-3-5-14-31)36-17-9-11-19-38(36)43;28-27-29-20-16-14-19(15-17-20)26-23-12-6-4-10-21(23)25(18-8-2-1-3-9-18)22-11-5-7-13-24(22)26;1-19(2)17-10-8-13(20)11-16(17)15-9-7-12-5-3-4-6-14(12)18(15)19/h3-28H,1-2H3;1-17,28H;3-11H,1-2H3. The topological polar surface area (TPSA) is 29.5 Å². The Morgan fingerprint density at radius 2 is 0.585 bits per heavy atom. The summed E-state index contributed by atoms with van der Waals surface area (Å²) in [5.74, 6) is 0.603. The van der Waals surface area contributed by atoms with E-state index in [-0.39, 0.29) is 10.8 Å². The molecule has 0 aliphatic heterocycles. The Morgan fingerprint density at radius 3 is 0.979 bits per heavy atom. The lowest BCUT2D eigenvalue weighted by Gasteiger charge is -2.23. The van der Waals surface area contributed by atoms with Crippen LogP contribution in [0.2, 0.25) is 0 Å². The van der Waals surface area contributed by atoms with Crippen LogP contribution in [0.5, 0.6) is 5.75 Å². The fraction of sp³-hybridized carbons (Fsp3) is 0.0667. The number of hydrogen-bond acceptors (Lipinski definition) is 2. The number of rotatable bonds is 7. The van der Waals surface area contributed by atoms with E-state index in [2.05, 4.69) is 335 Å². The van der Waals surface area contributed by atoms with Gasteiger partial charge in [0.15, 0.2) is 0 Å². The van der Waals surface area contributed by atoms with Gasteiger partial charge in [-0.2, -0.15) is 0 Å². The molecule has 1 N–H and O–H groups in total. The molecule has 2 nitrogen and oxygen atoms in total. The first-order chi connectivity index (χ1) is 46.0. The van der Waals surface area contributed by atoms with E-state index in [1.807, 2.05) is 24.3 Å². The minimum Gasteiger partial charge on any atom is -0.537 e. The van der Waals surface area contributed by atoms with Gasteiger partial charge in [-0.05, 0) is 195 Å². The largest absolute Gasteiger partial charge is 0.569 e. The summed E-state index contributed by atoms with van der Waals surface area (Å²) < 4.78 is 6.23. The Bertz CT molecular complexity index is 5500. The maximum atomic E-state index is 8.88. The summed E-state index contributed by atoms with van der Waals surface area (Å²) in [5.41, 5.74) is 23.6. The van der Waals surface area contributed by atoms with Gasteiger partial charge in [0, 0.05) is 15.3 Å². The zero-order valence-corrected chi connectivity index (χ0v) is 54.4. The first-order valence-corrected chi connectivity index (χ1v) is 33.2. The van der Waals surface area contributed by atoms with Gasteiger partial charge < -0.3 is 9.68 Å². The average Bonchev–Trinajstić information content (AvgIpc) is 1.39. The van der Waals surface area contributed by atoms with Crippen LogP contribution in [0.15, 0.2) is 320 Å². The third kappa shape index (κ3) is 9.91. The average molecular weight is 1270 g/mol. The van der Waals surface area contributed by atoms with Crippen molar-refractivity contribution < 1.29 is 9.68 Å². The third-order valence-corrected chi connectivity index (χ3v) is 20.4. The molecule has 16 aromatic carbocycles. The quantitative estimate of drug-likeness (QED) is 0.127. The van der Waals surface area contributed by atoms with E-state index in [4.69, 9.17) is 9.68 Å². The van der Waals surface area contributed by atoms with Gasteiger partial charge in [0.05, 0.1) is 0 Å². The van der Waals surface area contributed by atoms with Gasteiger partial charge in [-0.25, -0.2) is 0 Å². The number of fused-ring (bicyclic) bond motifs is 14. The summed E-state index contributed by atoms with van der Waals surface area (Å²) in [6.07, 6.45) is 0. The van der Waals surface area contributed by atoms with Gasteiger partial charge in [-0.3, -0.25) is 0 Å². The summed E-state index contributed by atoms with van der Waals surface area (Å²) in [6, 6.07) is 114. The van der Waals surface area contributed by atoms with Gasteiger partial charge in [-0.1, -0.05) is 329 Å². The molecule has 447 valence electrons. The second kappa shape index (κ2) is 23.8. The lowest BCUT2D eigenvalue weighted by molar-refractivity contribution is 0.454. The van der Waals surface area contributed by atoms with Crippen molar-refractivity contribution in [1.29, 1.82) is 0 Å². The van der Waals surface area contributed by atoms with Crippen LogP contribution in [0.4, 0.5) is 0 Å². The normalized spacial score (nSPS) is 13.0. The first-order valence-electron chi connectivity index (χ1n) is 32.4. The van der Waals surface area contributed by atoms with Crippen molar-refractivity contribution in [3.8, 4) is 83.6 Å². The lowest BCUT2D eigenvalue weighted by atomic mass is 9.80. The van der Waals surface area contributed by atoms with Crippen molar-refractivity contribution in [3.05, 3.63) is 342 Å². The van der Waals surface area contributed by atoms with Gasteiger partial charge >= 0.3 is 7.69 Å². The molecule has 0 bridgehead atoms. The van der Waals surface area contributed by atoms with Crippen molar-refractivity contribution in [2.24, 2.45) is 0 Å². The Labute approximate surface area is 558 Å². The van der Waals surface area contributed by atoms with Crippen molar-refractivity contribution in [1.82, 2.24) is 0 Å². The minimum absolute atomic E-state index is 0.0397. The third-order valence-electron chi connectivity index (χ3n) is 19.9. The molecule has 0 fully saturated rings. The number of halogens is 1. The summed E-state index contributed by atoms with van der Waals surface area (Å²) in [7, 11) is 0.703. The molecule has 16 aromatic rings. The van der Waals surface area contributed by atoms with Crippen LogP contribution >= 0.6 is 15.9 Å². The molecule has 2 aliphatic carbocycles. The van der Waals surface area contributed by atoms with Crippen LogP contribution in [-0.2, 0) is 10.8 Å². The predicted octanol–water partition coefficient (Wildman–Crippen LogP) is 24.6. The van der Waals surface area contributed by atoms with Crippen LogP contribution in [0.1, 0.15) is 49.9 Å². The zero-order chi connectivity index (χ0) is 63.7. The van der Waals surface area contributed by atoms with Crippen LogP contribution in [0.25, 0.3) is 143 Å². The van der Waals surface area contributed by atoms with E-state index in [0.29, 0.717) is 13.4 Å². The molecule has 0 unspecified atom stereocenters. The molecule has 94 heavy (non-hydrogen) atoms. The van der Waals surface area contributed by atoms with Gasteiger partial charge in [0.2, 0.25) is 0 Å². The Hall–Kier alpha value is -10.6. The summed E-state index contributed by atoms with van der Waals surface area (Å²) >= 11 is 3.60. The maximum Gasteiger partial charge on any atom is 0.569 e. The highest BCUT2D eigenvalue weighted by atomic mass is 79.9. The first kappa shape index (κ1) is 58.5. The fourth-order valence-electron chi connectivity index (χ4n) is 15.7. The molecule has 4 heteroatoms. The van der Waals surface area contributed by atoms with Crippen LogP contribution in [0, 0.1) is 0 Å². The van der Waals surface area contributed by atoms with Gasteiger partial charge in [-0.15, -0.1) is 0 Å². The monoisotopic (exact) mass is 1270 g/mol. The van der Waals surface area contributed by atoms with Crippen molar-refractivity contribution in [3.63, 3.8) is 0 Å². The van der Waals surface area contributed by atoms with Crippen molar-refractivity contribution in [2.45, 2.75) is 38.5 Å². The molecule has 0 amide bonds. The molecule has 0 saturated heterocycles. The summed E-state index contributed by atoms with van der Waals surface area (Å²) in [5, 5.41) is 24.3. The number of benzene rings is 16. The van der Waals surface area contributed by atoms with Crippen molar-refractivity contribution >= 4 is 88.2 Å². The van der Waals surface area contributed by atoms with E-state index < -0.39 is 0 Å². The molecule has 18 rings (SSSR count). The predicted molar refractivity (Wildman–Crippen MR) is 403 cm³/mol. The molecule has 0 saturated carbocycles. The van der Waals surface area contributed by atoms with E-state index in [0.717, 1.165) is 10.0 Å². The molecular formula is C90H65BBrO2. The minimum atomic E-state index is -0.0397. The highest BCUT2D eigenvalue weighted by Gasteiger charge is 2.38. The highest BCUT2D eigenvalue weighted by Crippen LogP contribution is 2.54. The van der Waals surface area contributed by atoms with Crippen molar-refractivity contribution in [2.75, 3.05) is 0 Å². The van der Waals surface area contributed by atoms with Crippen LogP contribution in [-0.4, -0.2) is 12.7 Å². The zero-order valence-electron chi connectivity index (χ0n) is 52.8. The van der Waals surface area contributed by atoms with Gasteiger partial charge in [0.1, 0.15) is 5.75 Å². The molecule has 0 aromatic heterocycles. The molecule has 0 heterocycles. The second-order valence-electron chi connectivity index (χ2n) is 25.9. The number of hydrogen-bond donors (Lipinski definition) is 1. The Balaban J connectivity index is 0.000000122. The molecule has 2 aliphatic rings. The molecule has 0 spiro atoms. The molecule has 1 radical (unpaired) electrons. The van der Waals surface area contributed by atoms with E-state index in [1.54, 1.807) is 0 Å². The highest BCUT2D eigenvalue weighted by molar-refractivity contribution is 9.10. The Kier molecular flexibility index (Phi) is 14.8. The molecule has 0 atom stereocenters. The second-order valence-corrected chi connectivity index (χ2v) is 26.8. The maximum absolute atomic E-state index is 8.88. The summed E-state index contributed by atoms with van der Waals surface area (Å²) in [4.78, 5) is 0. The smallest absolute Gasteiger partial charge is 0.537 e. The van der Waals surface area contributed by atoms with Crippen LogP contribution < -0.4 is 4.65 Å². The lowest BCUT2D eigenvalue weighted by Crippen LogP contribution is -2.15. The SMILES string of the molecule is CC1(C)c2ccc(-c3ccc(-c4c5ccccc5c(-c5ccccc5)c5ccccc45)cc3)cc2-c2ccc3ccccc3c21.CC1(C)c2ccc(Br)cc2-c2ccc3ccccc3c21.O[B]Oc1ccc(-c2c3ccccc3c(-c3ccccc3)c3ccccc23)cc1. The van der Waals surface area contributed by atoms with Gasteiger partial charge in [0.25, 0.3) is 0 Å². The summed E-state index contributed by atoms with van der Waals surface area (Å²) in [6.45, 7) is 9.41. The van der Waals surface area contributed by atoms with E-state index >= 15 is 0 Å². The fourth-order valence-corrected chi connectivity index (χ4v) is 16.0. The van der Waals surface area contributed by atoms with E-state index in [1.165, 1.54) is 159 Å². The van der Waals surface area contributed by atoms with E-state index in [9.17, 15) is 0 Å².